The lowest BCUT2D eigenvalue weighted by molar-refractivity contribution is -0.136. The van der Waals surface area contributed by atoms with Gasteiger partial charge in [-0.25, -0.2) is 0 Å². The molecule has 0 spiro atoms. The number of amides is 2. The quantitative estimate of drug-likeness (QED) is 0.718. The van der Waals surface area contributed by atoms with E-state index in [2.05, 4.69) is 11.8 Å². The first kappa shape index (κ1) is 21.8. The van der Waals surface area contributed by atoms with Crippen molar-refractivity contribution in [3.8, 4) is 11.5 Å². The van der Waals surface area contributed by atoms with E-state index < -0.39 is 5.92 Å². The third kappa shape index (κ3) is 3.55. The number of piperazine rings is 1. The van der Waals surface area contributed by atoms with Crippen LogP contribution in [-0.2, 0) is 11.2 Å². The molecule has 3 heterocycles. The van der Waals surface area contributed by atoms with E-state index in [9.17, 15) is 9.59 Å². The Kier molecular flexibility index (Phi) is 5.74. The van der Waals surface area contributed by atoms with Gasteiger partial charge in [0.05, 0.1) is 26.2 Å². The summed E-state index contributed by atoms with van der Waals surface area (Å²) in [5.74, 6) is 0.946. The fourth-order valence-corrected chi connectivity index (χ4v) is 5.60. The Bertz CT molecular complexity index is 1080. The van der Waals surface area contributed by atoms with Crippen LogP contribution >= 0.6 is 0 Å². The zero-order chi connectivity index (χ0) is 23.1. The number of ether oxygens (including phenoxy) is 2. The zero-order valence-electron chi connectivity index (χ0n) is 19.5. The predicted octanol–water partition coefficient (Wildman–Crippen LogP) is 2.70. The maximum absolute atomic E-state index is 14.1. The Balaban J connectivity index is 1.62. The van der Waals surface area contributed by atoms with Crippen LogP contribution in [0.1, 0.15) is 45.9 Å². The van der Waals surface area contributed by atoms with Gasteiger partial charge in [-0.15, -0.1) is 0 Å². The van der Waals surface area contributed by atoms with Crippen molar-refractivity contribution in [2.24, 2.45) is 0 Å². The second-order valence-electron chi connectivity index (χ2n) is 8.92. The first-order valence-electron chi connectivity index (χ1n) is 11.7. The summed E-state index contributed by atoms with van der Waals surface area (Å²) in [6.45, 7) is 6.91. The lowest BCUT2D eigenvalue weighted by atomic mass is 9.75. The highest BCUT2D eigenvalue weighted by atomic mass is 16.5. The Morgan fingerprint density at radius 1 is 0.970 bits per heavy atom. The topological polar surface area (TPSA) is 62.3 Å². The number of carbonyl (C=O) groups is 2. The van der Waals surface area contributed by atoms with Crippen LogP contribution in [0.15, 0.2) is 36.4 Å². The smallest absolute Gasteiger partial charge is 0.254 e. The van der Waals surface area contributed by atoms with E-state index in [1.807, 2.05) is 46.2 Å². The van der Waals surface area contributed by atoms with Gasteiger partial charge in [0.15, 0.2) is 11.5 Å². The van der Waals surface area contributed by atoms with Gasteiger partial charge >= 0.3 is 0 Å². The minimum absolute atomic E-state index is 0.00381. The molecule has 33 heavy (non-hydrogen) atoms. The molecule has 2 atom stereocenters. The fourth-order valence-electron chi connectivity index (χ4n) is 5.60. The lowest BCUT2D eigenvalue weighted by Crippen LogP contribution is -2.54. The van der Waals surface area contributed by atoms with Gasteiger partial charge in [-0.05, 0) is 47.9 Å². The van der Waals surface area contributed by atoms with Crippen molar-refractivity contribution in [3.63, 3.8) is 0 Å². The normalized spacial score (nSPS) is 22.3. The molecule has 7 nitrogen and oxygen atoms in total. The van der Waals surface area contributed by atoms with Gasteiger partial charge in [0.1, 0.15) is 0 Å². The van der Waals surface area contributed by atoms with Crippen LogP contribution in [0.2, 0.25) is 0 Å². The molecule has 0 unspecified atom stereocenters. The maximum Gasteiger partial charge on any atom is 0.254 e. The molecule has 174 valence electrons. The number of fused-ring (bicyclic) bond motifs is 4. The highest BCUT2D eigenvalue weighted by Crippen LogP contribution is 2.48. The van der Waals surface area contributed by atoms with E-state index in [0.29, 0.717) is 36.7 Å². The minimum Gasteiger partial charge on any atom is -0.493 e. The average molecular weight is 450 g/mol. The fraction of sp³-hybridized carbons (Fsp3) is 0.462. The number of carbonyl (C=O) groups excluding carboxylic acids is 2. The summed E-state index contributed by atoms with van der Waals surface area (Å²) >= 11 is 0. The Morgan fingerprint density at radius 3 is 2.36 bits per heavy atom. The van der Waals surface area contributed by atoms with Crippen molar-refractivity contribution in [2.45, 2.75) is 25.3 Å². The molecule has 5 rings (SSSR count). The van der Waals surface area contributed by atoms with Crippen LogP contribution in [0.25, 0.3) is 0 Å². The van der Waals surface area contributed by atoms with Crippen LogP contribution in [0.5, 0.6) is 11.5 Å². The molecule has 3 aliphatic heterocycles. The molecule has 0 radical (unpaired) electrons. The van der Waals surface area contributed by atoms with Crippen molar-refractivity contribution in [1.29, 1.82) is 0 Å². The summed E-state index contributed by atoms with van der Waals surface area (Å²) < 4.78 is 11.1. The Labute approximate surface area is 194 Å². The van der Waals surface area contributed by atoms with E-state index in [0.717, 1.165) is 42.7 Å². The first-order valence-corrected chi connectivity index (χ1v) is 11.7. The van der Waals surface area contributed by atoms with Gasteiger partial charge in [-0.3, -0.25) is 9.59 Å². The summed E-state index contributed by atoms with van der Waals surface area (Å²) in [7, 11) is 3.24. The predicted molar refractivity (Wildman–Crippen MR) is 125 cm³/mol. The van der Waals surface area contributed by atoms with Gasteiger partial charge in [0.2, 0.25) is 5.91 Å². The Morgan fingerprint density at radius 2 is 1.67 bits per heavy atom. The molecular weight excluding hydrogens is 418 g/mol. The van der Waals surface area contributed by atoms with Crippen LogP contribution in [0, 0.1) is 0 Å². The number of rotatable bonds is 4. The van der Waals surface area contributed by atoms with Gasteiger partial charge in [-0.2, -0.15) is 0 Å². The molecule has 0 aliphatic carbocycles. The van der Waals surface area contributed by atoms with Gasteiger partial charge < -0.3 is 24.2 Å². The minimum atomic E-state index is -0.441. The zero-order valence-corrected chi connectivity index (χ0v) is 19.5. The molecule has 0 N–H and O–H groups in total. The molecule has 0 aromatic heterocycles. The number of methoxy groups -OCH3 is 2. The standard InChI is InChI=1S/C26H31N3O4/c1-4-27-11-13-28(14-12-27)26(31)23-18-7-5-6-8-19(18)25(30)29-10-9-17-15-21(32-2)22(33-3)16-20(17)24(23)29/h5-8,15-16,23-24H,4,9-14H2,1-3H3/t23-,24-/m0/s1. The lowest BCUT2D eigenvalue weighted by Gasteiger charge is -2.47. The van der Waals surface area contributed by atoms with Crippen molar-refractivity contribution in [3.05, 3.63) is 58.7 Å². The molecule has 3 aliphatic rings. The molecule has 1 fully saturated rings. The van der Waals surface area contributed by atoms with E-state index in [1.165, 1.54) is 0 Å². The van der Waals surface area contributed by atoms with Crippen molar-refractivity contribution in [1.82, 2.24) is 14.7 Å². The van der Waals surface area contributed by atoms with E-state index in [-0.39, 0.29) is 17.9 Å². The number of benzene rings is 2. The molecule has 2 amide bonds. The highest BCUT2D eigenvalue weighted by molar-refractivity contribution is 6.01. The number of nitrogens with zero attached hydrogens (tertiary/aromatic N) is 3. The number of hydrogen-bond donors (Lipinski definition) is 0. The molecule has 1 saturated heterocycles. The van der Waals surface area contributed by atoms with Crippen LogP contribution < -0.4 is 9.47 Å². The summed E-state index contributed by atoms with van der Waals surface area (Å²) in [5, 5.41) is 0. The molecule has 0 saturated carbocycles. The van der Waals surface area contributed by atoms with Gasteiger partial charge in [0, 0.05) is 38.3 Å². The van der Waals surface area contributed by atoms with Crippen LogP contribution in [-0.4, -0.2) is 80.0 Å². The molecule has 7 heteroatoms. The van der Waals surface area contributed by atoms with Crippen LogP contribution in [0.4, 0.5) is 0 Å². The summed E-state index contributed by atoms with van der Waals surface area (Å²) in [5.41, 5.74) is 3.56. The summed E-state index contributed by atoms with van der Waals surface area (Å²) in [4.78, 5) is 33.8. The molecule has 2 aromatic carbocycles. The van der Waals surface area contributed by atoms with Crippen LogP contribution in [0.3, 0.4) is 0 Å². The van der Waals surface area contributed by atoms with E-state index >= 15 is 0 Å². The number of likely N-dealkylation sites (N-methyl/N-ethyl adjacent to an activating group) is 1. The molecule has 0 bridgehead atoms. The second kappa shape index (κ2) is 8.71. The third-order valence-corrected chi connectivity index (χ3v) is 7.42. The average Bonchev–Trinajstić information content (AvgIpc) is 2.87. The molecule has 2 aromatic rings. The monoisotopic (exact) mass is 449 g/mol. The largest absolute Gasteiger partial charge is 0.493 e. The Hall–Kier alpha value is -3.06. The highest BCUT2D eigenvalue weighted by Gasteiger charge is 2.47. The van der Waals surface area contributed by atoms with Gasteiger partial charge in [-0.1, -0.05) is 25.1 Å². The number of hydrogen-bond acceptors (Lipinski definition) is 5. The van der Waals surface area contributed by atoms with Crippen molar-refractivity contribution in [2.75, 3.05) is 53.5 Å². The summed E-state index contributed by atoms with van der Waals surface area (Å²) in [6, 6.07) is 11.2. The SMILES string of the molecule is CCN1CCN(C(=O)[C@H]2c3ccccc3C(=O)N3CCc4cc(OC)c(OC)cc4[C@@H]23)CC1. The summed E-state index contributed by atoms with van der Waals surface area (Å²) in [6.07, 6.45) is 0.718. The second-order valence-corrected chi connectivity index (χ2v) is 8.92. The van der Waals surface area contributed by atoms with Crippen molar-refractivity contribution < 1.29 is 19.1 Å². The first-order chi connectivity index (χ1) is 16.1. The van der Waals surface area contributed by atoms with Gasteiger partial charge in [0.25, 0.3) is 5.91 Å². The third-order valence-electron chi connectivity index (χ3n) is 7.42. The van der Waals surface area contributed by atoms with E-state index in [4.69, 9.17) is 9.47 Å². The van der Waals surface area contributed by atoms with E-state index in [1.54, 1.807) is 14.2 Å². The van der Waals surface area contributed by atoms with Crippen molar-refractivity contribution >= 4 is 11.8 Å². The maximum atomic E-state index is 14.1. The molecular formula is C26H31N3O4.